The molecule has 0 radical (unpaired) electrons. The molecule has 6 heteroatoms. The van der Waals surface area contributed by atoms with Gasteiger partial charge in [-0.2, -0.15) is 0 Å². The number of Topliss-reactive ketones (excluding diaryl/α,β-unsaturated/α-hetero) is 1. The van der Waals surface area contributed by atoms with Crippen molar-refractivity contribution in [3.05, 3.63) is 89.0 Å². The fourth-order valence-corrected chi connectivity index (χ4v) is 6.01. The fourth-order valence-electron chi connectivity index (χ4n) is 6.01. The third-order valence-electron chi connectivity index (χ3n) is 8.28. The highest BCUT2D eigenvalue weighted by Gasteiger charge is 2.39. The zero-order valence-corrected chi connectivity index (χ0v) is 23.5. The molecule has 0 spiro atoms. The summed E-state index contributed by atoms with van der Waals surface area (Å²) < 4.78 is 24.4. The molecule has 3 aromatic carbocycles. The number of benzene rings is 3. The van der Waals surface area contributed by atoms with Crippen LogP contribution in [-0.2, 0) is 4.74 Å². The van der Waals surface area contributed by atoms with E-state index >= 15 is 0 Å². The minimum absolute atomic E-state index is 0.0655. The molecule has 210 valence electrons. The topological polar surface area (TPSA) is 57.2 Å². The van der Waals surface area contributed by atoms with Gasteiger partial charge in [0.25, 0.3) is 0 Å². The quantitative estimate of drug-likeness (QED) is 0.316. The van der Waals surface area contributed by atoms with E-state index in [1.165, 1.54) is 6.42 Å². The molecule has 6 rings (SSSR count). The molecule has 0 aliphatic carbocycles. The summed E-state index contributed by atoms with van der Waals surface area (Å²) in [6, 6.07) is 21.6. The Morgan fingerprint density at radius 3 is 2.42 bits per heavy atom. The Kier molecular flexibility index (Phi) is 8.08. The Balaban J connectivity index is 1.20. The van der Waals surface area contributed by atoms with Gasteiger partial charge < -0.3 is 18.9 Å². The van der Waals surface area contributed by atoms with Crippen LogP contribution in [0.5, 0.6) is 17.2 Å². The molecular formula is C34H39NO5. The van der Waals surface area contributed by atoms with E-state index in [0.717, 1.165) is 79.6 Å². The molecular weight excluding hydrogens is 502 g/mol. The van der Waals surface area contributed by atoms with Gasteiger partial charge in [-0.15, -0.1) is 0 Å². The van der Waals surface area contributed by atoms with Gasteiger partial charge in [0.05, 0.1) is 18.1 Å². The Bertz CT molecular complexity index is 1300. The lowest BCUT2D eigenvalue weighted by atomic mass is 9.81. The molecule has 0 aromatic heterocycles. The second-order valence-corrected chi connectivity index (χ2v) is 11.5. The molecule has 3 heterocycles. The largest absolute Gasteiger partial charge is 0.492 e. The highest BCUT2D eigenvalue weighted by molar-refractivity contribution is 6.04. The van der Waals surface area contributed by atoms with Crippen LogP contribution in [0, 0.1) is 12.8 Å². The SMILES string of the molecule is Cc1ccc2c(c1)OC(c1ccc(OCCN3CC[C@@H](C)C3)cc1)C(c1ccc(OC3CCCCO3)cc1)C2=O. The minimum atomic E-state index is -0.473. The van der Waals surface area contributed by atoms with Gasteiger partial charge in [-0.1, -0.05) is 37.3 Å². The second kappa shape index (κ2) is 12.0. The number of carbonyl (C=O) groups is 1. The summed E-state index contributed by atoms with van der Waals surface area (Å²) in [7, 11) is 0. The summed E-state index contributed by atoms with van der Waals surface area (Å²) in [5, 5.41) is 0. The van der Waals surface area contributed by atoms with Crippen molar-refractivity contribution in [1.29, 1.82) is 0 Å². The Morgan fingerprint density at radius 1 is 0.925 bits per heavy atom. The van der Waals surface area contributed by atoms with E-state index in [1.807, 2.05) is 73.7 Å². The maximum Gasteiger partial charge on any atom is 0.199 e. The first-order valence-electron chi connectivity index (χ1n) is 14.7. The standard InChI is InChI=1S/C34H39NO5/c1-23-6-15-29-30(21-23)40-34(26-9-11-27(12-10-26)37-20-18-35-17-16-24(2)22-35)32(33(29)36)25-7-13-28(14-8-25)39-31-5-3-4-19-38-31/h6-15,21,24,31-32,34H,3-5,16-20,22H2,1-2H3/t24-,31?,32?,34?/m1/s1. The Labute approximate surface area is 237 Å². The molecule has 0 bridgehead atoms. The molecule has 6 nitrogen and oxygen atoms in total. The summed E-state index contributed by atoms with van der Waals surface area (Å²) >= 11 is 0. The average Bonchev–Trinajstić information content (AvgIpc) is 3.39. The summed E-state index contributed by atoms with van der Waals surface area (Å²) in [6.07, 6.45) is 3.70. The first-order chi connectivity index (χ1) is 19.5. The number of aryl methyl sites for hydroxylation is 1. The van der Waals surface area contributed by atoms with E-state index in [2.05, 4.69) is 11.8 Å². The predicted octanol–water partition coefficient (Wildman–Crippen LogP) is 6.72. The molecule has 0 N–H and O–H groups in total. The van der Waals surface area contributed by atoms with Crippen LogP contribution >= 0.6 is 0 Å². The number of nitrogens with zero attached hydrogens (tertiary/aromatic N) is 1. The first-order valence-corrected chi connectivity index (χ1v) is 14.7. The van der Waals surface area contributed by atoms with Gasteiger partial charge >= 0.3 is 0 Å². The lowest BCUT2D eigenvalue weighted by molar-refractivity contribution is -0.105. The van der Waals surface area contributed by atoms with Gasteiger partial charge in [0, 0.05) is 19.5 Å². The number of fused-ring (bicyclic) bond motifs is 1. The maximum absolute atomic E-state index is 13.9. The van der Waals surface area contributed by atoms with Crippen molar-refractivity contribution in [2.24, 2.45) is 5.92 Å². The van der Waals surface area contributed by atoms with Crippen LogP contribution in [0.25, 0.3) is 0 Å². The van der Waals surface area contributed by atoms with Crippen molar-refractivity contribution in [2.45, 2.75) is 57.8 Å². The molecule has 4 atom stereocenters. The van der Waals surface area contributed by atoms with Crippen LogP contribution in [0.4, 0.5) is 0 Å². The Hall–Kier alpha value is -3.35. The third-order valence-corrected chi connectivity index (χ3v) is 8.28. The van der Waals surface area contributed by atoms with Crippen LogP contribution in [0.15, 0.2) is 66.7 Å². The van der Waals surface area contributed by atoms with Crippen LogP contribution in [0.2, 0.25) is 0 Å². The van der Waals surface area contributed by atoms with Crippen LogP contribution in [0.1, 0.15) is 71.7 Å². The summed E-state index contributed by atoms with van der Waals surface area (Å²) in [5.41, 5.74) is 3.53. The normalized spacial score (nSPS) is 24.8. The summed E-state index contributed by atoms with van der Waals surface area (Å²) in [5.74, 6) is 2.58. The monoisotopic (exact) mass is 541 g/mol. The van der Waals surface area contributed by atoms with Crippen molar-refractivity contribution < 1.29 is 23.7 Å². The molecule has 3 unspecified atom stereocenters. The van der Waals surface area contributed by atoms with Gasteiger partial charge in [0.15, 0.2) is 12.1 Å². The summed E-state index contributed by atoms with van der Waals surface area (Å²) in [4.78, 5) is 16.4. The van der Waals surface area contributed by atoms with Gasteiger partial charge in [-0.25, -0.2) is 0 Å². The molecule has 2 fully saturated rings. The van der Waals surface area contributed by atoms with Crippen LogP contribution in [-0.4, -0.2) is 49.8 Å². The maximum atomic E-state index is 13.9. The second-order valence-electron chi connectivity index (χ2n) is 11.5. The number of hydrogen-bond donors (Lipinski definition) is 0. The van der Waals surface area contributed by atoms with Crippen molar-refractivity contribution in [3.8, 4) is 17.2 Å². The van der Waals surface area contributed by atoms with Crippen LogP contribution < -0.4 is 14.2 Å². The van der Waals surface area contributed by atoms with E-state index < -0.39 is 12.0 Å². The molecule has 3 aliphatic heterocycles. The van der Waals surface area contributed by atoms with Gasteiger partial charge in [-0.3, -0.25) is 9.69 Å². The van der Waals surface area contributed by atoms with E-state index in [4.69, 9.17) is 18.9 Å². The van der Waals surface area contributed by atoms with Crippen molar-refractivity contribution in [2.75, 3.05) is 32.8 Å². The number of hydrogen-bond acceptors (Lipinski definition) is 6. The lowest BCUT2D eigenvalue weighted by Gasteiger charge is -2.33. The zero-order valence-electron chi connectivity index (χ0n) is 23.5. The average molecular weight is 542 g/mol. The first kappa shape index (κ1) is 26.9. The molecule has 40 heavy (non-hydrogen) atoms. The minimum Gasteiger partial charge on any atom is -0.492 e. The Morgan fingerprint density at radius 2 is 1.70 bits per heavy atom. The number of likely N-dealkylation sites (tertiary alicyclic amines) is 1. The number of ether oxygens (including phenoxy) is 4. The lowest BCUT2D eigenvalue weighted by Crippen LogP contribution is -2.30. The number of ketones is 1. The fraction of sp³-hybridized carbons (Fsp3) is 0.441. The molecule has 2 saturated heterocycles. The van der Waals surface area contributed by atoms with Crippen LogP contribution in [0.3, 0.4) is 0 Å². The molecule has 0 saturated carbocycles. The van der Waals surface area contributed by atoms with Crippen molar-refractivity contribution in [1.82, 2.24) is 4.90 Å². The third kappa shape index (κ3) is 6.03. The van der Waals surface area contributed by atoms with Crippen molar-refractivity contribution in [3.63, 3.8) is 0 Å². The van der Waals surface area contributed by atoms with Gasteiger partial charge in [0.1, 0.15) is 30.0 Å². The van der Waals surface area contributed by atoms with E-state index in [1.54, 1.807) is 0 Å². The molecule has 3 aliphatic rings. The van der Waals surface area contributed by atoms with E-state index in [0.29, 0.717) is 17.9 Å². The van der Waals surface area contributed by atoms with Gasteiger partial charge in [-0.05, 0) is 91.7 Å². The zero-order chi connectivity index (χ0) is 27.5. The molecule has 0 amide bonds. The highest BCUT2D eigenvalue weighted by atomic mass is 16.7. The van der Waals surface area contributed by atoms with Crippen molar-refractivity contribution >= 4 is 5.78 Å². The van der Waals surface area contributed by atoms with E-state index in [9.17, 15) is 4.79 Å². The highest BCUT2D eigenvalue weighted by Crippen LogP contribution is 2.44. The van der Waals surface area contributed by atoms with E-state index in [-0.39, 0.29) is 12.1 Å². The van der Waals surface area contributed by atoms with Gasteiger partial charge in [0.2, 0.25) is 0 Å². The molecule has 3 aromatic rings. The summed E-state index contributed by atoms with van der Waals surface area (Å²) in [6.45, 7) is 8.97. The number of carbonyl (C=O) groups excluding carboxylic acids is 1. The number of rotatable bonds is 8. The smallest absolute Gasteiger partial charge is 0.199 e. The predicted molar refractivity (Wildman–Crippen MR) is 154 cm³/mol.